The van der Waals surface area contributed by atoms with E-state index in [1.54, 1.807) is 6.07 Å². The van der Waals surface area contributed by atoms with Gasteiger partial charge in [-0.05, 0) is 80.0 Å². The van der Waals surface area contributed by atoms with Crippen LogP contribution in [0.1, 0.15) is 106 Å². The van der Waals surface area contributed by atoms with Gasteiger partial charge in [0.15, 0.2) is 0 Å². The van der Waals surface area contributed by atoms with E-state index in [-0.39, 0.29) is 17.7 Å². The molecule has 0 saturated carbocycles. The van der Waals surface area contributed by atoms with Gasteiger partial charge >= 0.3 is 0 Å². The molecule has 4 atom stereocenters. The van der Waals surface area contributed by atoms with Crippen molar-refractivity contribution in [2.75, 3.05) is 6.54 Å². The lowest BCUT2D eigenvalue weighted by Crippen LogP contribution is -2.43. The van der Waals surface area contributed by atoms with E-state index in [0.29, 0.717) is 40.8 Å². The number of rotatable bonds is 13. The molecule has 6 heteroatoms. The van der Waals surface area contributed by atoms with Gasteiger partial charge in [-0.25, -0.2) is 0 Å². The van der Waals surface area contributed by atoms with Crippen molar-refractivity contribution in [3.05, 3.63) is 141 Å². The standard InChI is InChI=1S/C24H29Cl2NO.C20H23NO/c1-2-3-14-24(18-9-5-4-6-10-18,21-13-12-19(25)16-22(21)26)23(28)17-20-11-7-8-15-27-20;1-15-12-13-18(21-15)14-19(22)20(16-8-4-2-5-9-16)17-10-6-3-7-11-17/h4-6,9-10,12-13,16,20,27H,2-3,7-8,11,14-15,17H2,1H3;2-11,15,18,20-21H,12-14H2,1H3. The van der Waals surface area contributed by atoms with Gasteiger partial charge in [0.25, 0.3) is 0 Å². The number of carbonyl (C=O) groups excluding carboxylic acids is 2. The van der Waals surface area contributed by atoms with Gasteiger partial charge in [-0.15, -0.1) is 0 Å². The third-order valence-electron chi connectivity index (χ3n) is 10.4. The van der Waals surface area contributed by atoms with Crippen LogP contribution < -0.4 is 10.6 Å². The van der Waals surface area contributed by atoms with Gasteiger partial charge in [0, 0.05) is 41.0 Å². The monoisotopic (exact) mass is 710 g/mol. The molecule has 4 nitrogen and oxygen atoms in total. The molecule has 4 aromatic carbocycles. The number of ketones is 2. The molecule has 6 rings (SSSR count). The number of carbonyl (C=O) groups is 2. The average molecular weight is 712 g/mol. The largest absolute Gasteiger partial charge is 0.314 e. The van der Waals surface area contributed by atoms with Gasteiger partial charge in [-0.1, -0.05) is 146 Å². The summed E-state index contributed by atoms with van der Waals surface area (Å²) in [4.78, 5) is 26.9. The van der Waals surface area contributed by atoms with Crippen LogP contribution in [0.4, 0.5) is 0 Å². The van der Waals surface area contributed by atoms with Gasteiger partial charge < -0.3 is 10.6 Å². The smallest absolute Gasteiger partial charge is 0.149 e. The summed E-state index contributed by atoms with van der Waals surface area (Å²) in [7, 11) is 0. The number of piperidine rings is 1. The summed E-state index contributed by atoms with van der Waals surface area (Å²) < 4.78 is 0. The summed E-state index contributed by atoms with van der Waals surface area (Å²) in [6.45, 7) is 5.34. The second-order valence-electron chi connectivity index (χ2n) is 14.0. The Balaban J connectivity index is 0.000000200. The van der Waals surface area contributed by atoms with Gasteiger partial charge in [-0.3, -0.25) is 9.59 Å². The van der Waals surface area contributed by atoms with E-state index in [0.717, 1.165) is 60.9 Å². The van der Waals surface area contributed by atoms with Crippen molar-refractivity contribution >= 4 is 34.8 Å². The molecule has 0 bridgehead atoms. The molecule has 2 saturated heterocycles. The maximum absolute atomic E-state index is 13.9. The Labute approximate surface area is 309 Å². The molecule has 50 heavy (non-hydrogen) atoms. The van der Waals surface area contributed by atoms with Crippen LogP contribution in [0.3, 0.4) is 0 Å². The number of hydrogen-bond donors (Lipinski definition) is 2. The van der Waals surface area contributed by atoms with Crippen molar-refractivity contribution < 1.29 is 9.59 Å². The van der Waals surface area contributed by atoms with Crippen LogP contribution in [0.5, 0.6) is 0 Å². The summed E-state index contributed by atoms with van der Waals surface area (Å²) in [6.07, 6.45) is 9.55. The van der Waals surface area contributed by atoms with Crippen molar-refractivity contribution in [3.63, 3.8) is 0 Å². The molecule has 2 heterocycles. The molecule has 4 aromatic rings. The first-order chi connectivity index (χ1) is 24.3. The third kappa shape index (κ3) is 9.73. The first-order valence-corrected chi connectivity index (χ1v) is 19.2. The van der Waals surface area contributed by atoms with Crippen molar-refractivity contribution in [3.8, 4) is 0 Å². The highest BCUT2D eigenvalue weighted by atomic mass is 35.5. The lowest BCUT2D eigenvalue weighted by Gasteiger charge is -2.36. The summed E-state index contributed by atoms with van der Waals surface area (Å²) >= 11 is 12.9. The summed E-state index contributed by atoms with van der Waals surface area (Å²) in [6, 6.07) is 37.0. The molecule has 2 fully saturated rings. The first-order valence-electron chi connectivity index (χ1n) is 18.5. The zero-order valence-electron chi connectivity index (χ0n) is 29.6. The molecule has 0 aliphatic carbocycles. The lowest BCUT2D eigenvalue weighted by atomic mass is 9.66. The number of Topliss-reactive ketones (excluding diaryl/α,β-unsaturated/α-hetero) is 2. The zero-order chi connectivity index (χ0) is 35.3. The maximum Gasteiger partial charge on any atom is 0.149 e. The van der Waals surface area contributed by atoms with E-state index in [1.165, 1.54) is 19.3 Å². The predicted octanol–water partition coefficient (Wildman–Crippen LogP) is 10.5. The highest BCUT2D eigenvalue weighted by molar-refractivity contribution is 6.35. The summed E-state index contributed by atoms with van der Waals surface area (Å²) in [5, 5.41) is 8.21. The van der Waals surface area contributed by atoms with Crippen molar-refractivity contribution in [1.82, 2.24) is 10.6 Å². The minimum absolute atomic E-state index is 0.153. The van der Waals surface area contributed by atoms with Gasteiger partial charge in [-0.2, -0.15) is 0 Å². The van der Waals surface area contributed by atoms with Gasteiger partial charge in [0.1, 0.15) is 11.6 Å². The van der Waals surface area contributed by atoms with E-state index in [2.05, 4.69) is 60.9 Å². The molecule has 2 aliphatic heterocycles. The Bertz CT molecular complexity index is 1600. The lowest BCUT2D eigenvalue weighted by molar-refractivity contribution is -0.124. The second-order valence-corrected chi connectivity index (χ2v) is 14.9. The summed E-state index contributed by atoms with van der Waals surface area (Å²) in [5.41, 5.74) is 3.33. The van der Waals surface area contributed by atoms with Crippen LogP contribution in [0.15, 0.2) is 109 Å². The molecule has 0 amide bonds. The number of unbranched alkanes of at least 4 members (excludes halogenated alkanes) is 1. The van der Waals surface area contributed by atoms with E-state index in [9.17, 15) is 9.59 Å². The average Bonchev–Trinajstić information content (AvgIpc) is 3.55. The Hall–Kier alpha value is -3.28. The Morgan fingerprint density at radius 1 is 0.780 bits per heavy atom. The van der Waals surface area contributed by atoms with Crippen LogP contribution in [-0.2, 0) is 15.0 Å². The fourth-order valence-electron chi connectivity index (χ4n) is 7.78. The number of benzene rings is 4. The van der Waals surface area contributed by atoms with E-state index >= 15 is 0 Å². The zero-order valence-corrected chi connectivity index (χ0v) is 31.1. The Morgan fingerprint density at radius 2 is 1.42 bits per heavy atom. The first kappa shape index (κ1) is 38.0. The molecular weight excluding hydrogens is 659 g/mol. The minimum Gasteiger partial charge on any atom is -0.314 e. The number of nitrogens with one attached hydrogen (secondary N) is 2. The van der Waals surface area contributed by atoms with E-state index < -0.39 is 5.41 Å². The molecule has 264 valence electrons. The molecule has 2 aliphatic rings. The van der Waals surface area contributed by atoms with E-state index in [4.69, 9.17) is 23.2 Å². The topological polar surface area (TPSA) is 58.2 Å². The summed E-state index contributed by atoms with van der Waals surface area (Å²) in [5.74, 6) is 0.403. The maximum atomic E-state index is 13.9. The minimum atomic E-state index is -0.738. The number of halogens is 2. The quantitative estimate of drug-likeness (QED) is 0.145. The molecule has 0 radical (unpaired) electrons. The van der Waals surface area contributed by atoms with Crippen molar-refractivity contribution in [2.24, 2.45) is 0 Å². The fraction of sp³-hybridized carbons (Fsp3) is 0.409. The highest BCUT2D eigenvalue weighted by Crippen LogP contribution is 2.43. The van der Waals surface area contributed by atoms with Crippen LogP contribution in [0.25, 0.3) is 0 Å². The van der Waals surface area contributed by atoms with Gasteiger partial charge in [0.05, 0.1) is 11.3 Å². The molecule has 2 N–H and O–H groups in total. The van der Waals surface area contributed by atoms with Crippen LogP contribution >= 0.6 is 23.2 Å². The van der Waals surface area contributed by atoms with Gasteiger partial charge in [0.2, 0.25) is 0 Å². The van der Waals surface area contributed by atoms with E-state index in [1.807, 2.05) is 66.7 Å². The molecule has 0 spiro atoms. The normalized spacial score (nSPS) is 20.1. The third-order valence-corrected chi connectivity index (χ3v) is 10.9. The van der Waals surface area contributed by atoms with Crippen LogP contribution in [0, 0.1) is 0 Å². The molecule has 4 unspecified atom stereocenters. The second kappa shape index (κ2) is 18.8. The fourth-order valence-corrected chi connectivity index (χ4v) is 8.35. The number of hydrogen-bond acceptors (Lipinski definition) is 4. The Morgan fingerprint density at radius 3 is 1.96 bits per heavy atom. The SMILES string of the molecule is CC1CCC(CC(=O)C(c2ccccc2)c2ccccc2)N1.CCCCC(C(=O)CC1CCCCN1)(c1ccccc1)c1ccc(Cl)cc1Cl. The Kier molecular flexibility index (Phi) is 14.3. The predicted molar refractivity (Wildman–Crippen MR) is 208 cm³/mol. The van der Waals surface area contributed by atoms with Crippen molar-refractivity contribution in [1.29, 1.82) is 0 Å². The van der Waals surface area contributed by atoms with Crippen LogP contribution in [0.2, 0.25) is 10.0 Å². The molecule has 0 aromatic heterocycles. The highest BCUT2D eigenvalue weighted by Gasteiger charge is 2.43. The van der Waals surface area contributed by atoms with Crippen molar-refractivity contribution in [2.45, 2.75) is 108 Å². The van der Waals surface area contributed by atoms with Crippen LogP contribution in [-0.4, -0.2) is 36.2 Å². The molecular formula is C44H52Cl2N2O2.